The molecular formula is C6H6Cl3F3O2. The van der Waals surface area contributed by atoms with Crippen molar-refractivity contribution >= 4 is 40.8 Å². The first-order valence-corrected chi connectivity index (χ1v) is 4.47. The summed E-state index contributed by atoms with van der Waals surface area (Å²) in [6.07, 6.45) is -5.81. The monoisotopic (exact) mass is 272 g/mol. The molecule has 8 heteroatoms. The molecule has 0 bridgehead atoms. The highest BCUT2D eigenvalue weighted by Crippen LogP contribution is 2.44. The number of carbonyl (C=O) groups excluding carboxylic acids is 1. The number of halogens is 6. The van der Waals surface area contributed by atoms with Crippen molar-refractivity contribution < 1.29 is 22.7 Å². The van der Waals surface area contributed by atoms with Crippen LogP contribution in [-0.4, -0.2) is 29.0 Å². The average Bonchev–Trinajstić information content (AvgIpc) is 2.00. The van der Waals surface area contributed by atoms with Gasteiger partial charge in [0.25, 0.3) is 0 Å². The van der Waals surface area contributed by atoms with Crippen molar-refractivity contribution in [1.29, 1.82) is 0 Å². The Morgan fingerprint density at radius 3 is 2.14 bits per heavy atom. The molecule has 0 aromatic rings. The summed E-state index contributed by atoms with van der Waals surface area (Å²) in [6, 6.07) is 0. The predicted molar refractivity (Wildman–Crippen MR) is 46.8 cm³/mol. The van der Waals surface area contributed by atoms with E-state index in [0.29, 0.717) is 0 Å². The second kappa shape index (κ2) is 4.77. The lowest BCUT2D eigenvalue weighted by molar-refractivity contribution is -0.148. The van der Waals surface area contributed by atoms with E-state index >= 15 is 0 Å². The number of esters is 1. The lowest BCUT2D eigenvalue weighted by Gasteiger charge is -2.23. The van der Waals surface area contributed by atoms with E-state index in [1.165, 1.54) is 0 Å². The highest BCUT2D eigenvalue weighted by Gasteiger charge is 2.54. The quantitative estimate of drug-likeness (QED) is 0.584. The van der Waals surface area contributed by atoms with Gasteiger partial charge in [0.15, 0.2) is 0 Å². The molecule has 0 aliphatic rings. The zero-order chi connectivity index (χ0) is 11.6. The van der Waals surface area contributed by atoms with Crippen LogP contribution in [-0.2, 0) is 9.53 Å². The molecular weight excluding hydrogens is 267 g/mol. The third-order valence-electron chi connectivity index (χ3n) is 1.31. The van der Waals surface area contributed by atoms with Crippen molar-refractivity contribution in [2.24, 2.45) is 0 Å². The van der Waals surface area contributed by atoms with E-state index in [0.717, 1.165) is 7.11 Å². The smallest absolute Gasteiger partial charge is 0.421 e. The first kappa shape index (κ1) is 14.1. The van der Waals surface area contributed by atoms with E-state index in [9.17, 15) is 18.0 Å². The number of alkyl halides is 6. The van der Waals surface area contributed by atoms with Crippen LogP contribution >= 0.6 is 34.8 Å². The van der Waals surface area contributed by atoms with Crippen molar-refractivity contribution in [3.05, 3.63) is 0 Å². The molecule has 0 saturated heterocycles. The summed E-state index contributed by atoms with van der Waals surface area (Å²) in [4.78, 5) is 10.7. The number of methoxy groups -OCH3 is 1. The van der Waals surface area contributed by atoms with E-state index in [4.69, 9.17) is 34.8 Å². The maximum atomic E-state index is 12.1. The van der Waals surface area contributed by atoms with Gasteiger partial charge in [-0.2, -0.15) is 13.2 Å². The molecule has 0 aliphatic carbocycles. The van der Waals surface area contributed by atoms with Crippen molar-refractivity contribution in [1.82, 2.24) is 0 Å². The molecule has 0 saturated carbocycles. The van der Waals surface area contributed by atoms with Crippen LogP contribution in [0.1, 0.15) is 6.42 Å². The normalized spacial score (nSPS) is 15.1. The van der Waals surface area contributed by atoms with Crippen molar-refractivity contribution in [2.75, 3.05) is 7.11 Å². The maximum Gasteiger partial charge on any atom is 0.421 e. The summed E-state index contributed by atoms with van der Waals surface area (Å²) in [5.74, 6) is -1.01. The second-order valence-electron chi connectivity index (χ2n) is 2.40. The van der Waals surface area contributed by atoms with E-state index in [2.05, 4.69) is 4.74 Å². The molecule has 0 fully saturated rings. The first-order valence-electron chi connectivity index (χ1n) is 3.28. The molecule has 0 radical (unpaired) electrons. The molecule has 0 heterocycles. The molecule has 84 valence electrons. The number of hydrogen-bond acceptors (Lipinski definition) is 2. The Bertz CT molecular complexity index is 217. The van der Waals surface area contributed by atoms with Gasteiger partial charge < -0.3 is 4.74 Å². The summed E-state index contributed by atoms with van der Waals surface area (Å²) in [6.45, 7) is 0. The molecule has 0 aliphatic heterocycles. The van der Waals surface area contributed by atoms with Crippen molar-refractivity contribution in [3.8, 4) is 0 Å². The lowest BCUT2D eigenvalue weighted by atomic mass is 10.2. The summed E-state index contributed by atoms with van der Waals surface area (Å²) in [5, 5.41) is -1.53. The Kier molecular flexibility index (Phi) is 4.81. The summed E-state index contributed by atoms with van der Waals surface area (Å²) in [7, 11) is 0.995. The Morgan fingerprint density at radius 2 is 1.86 bits per heavy atom. The Morgan fingerprint density at radius 1 is 1.43 bits per heavy atom. The lowest BCUT2D eigenvalue weighted by Crippen LogP contribution is -2.38. The van der Waals surface area contributed by atoms with E-state index < -0.39 is 28.3 Å². The average molecular weight is 273 g/mol. The molecule has 0 amide bonds. The molecule has 1 atom stereocenters. The third-order valence-corrected chi connectivity index (χ3v) is 2.38. The standard InChI is InChI=1S/C6H6Cl3F3O2/c1-14-4(13)3(7)2-5(8,9)6(10,11)12/h3H,2H2,1H3. The predicted octanol–water partition coefficient (Wildman–Crippen LogP) is 2.89. The van der Waals surface area contributed by atoms with Gasteiger partial charge in [0, 0.05) is 6.42 Å². The minimum Gasteiger partial charge on any atom is -0.468 e. The Labute approximate surface area is 93.2 Å². The molecule has 1 unspecified atom stereocenters. The minimum atomic E-state index is -4.85. The van der Waals surface area contributed by atoms with E-state index in [1.54, 1.807) is 0 Å². The van der Waals surface area contributed by atoms with Gasteiger partial charge in [-0.15, -0.1) is 11.6 Å². The zero-order valence-electron chi connectivity index (χ0n) is 6.87. The van der Waals surface area contributed by atoms with Crippen LogP contribution in [0.4, 0.5) is 13.2 Å². The van der Waals surface area contributed by atoms with Crippen molar-refractivity contribution in [3.63, 3.8) is 0 Å². The number of carbonyl (C=O) groups is 1. The van der Waals surface area contributed by atoms with Gasteiger partial charge in [0.05, 0.1) is 7.11 Å². The third kappa shape index (κ3) is 3.71. The Hall–Kier alpha value is 0.130. The molecule has 0 aromatic carbocycles. The molecule has 0 spiro atoms. The Balaban J connectivity index is 4.44. The van der Waals surface area contributed by atoms with Crippen molar-refractivity contribution in [2.45, 2.75) is 22.3 Å². The second-order valence-corrected chi connectivity index (χ2v) is 4.41. The van der Waals surface area contributed by atoms with Crippen LogP contribution < -0.4 is 0 Å². The highest BCUT2D eigenvalue weighted by atomic mass is 35.5. The molecule has 14 heavy (non-hydrogen) atoms. The van der Waals surface area contributed by atoms with Gasteiger partial charge in [-0.1, -0.05) is 23.2 Å². The fraction of sp³-hybridized carbons (Fsp3) is 0.833. The summed E-state index contributed by atoms with van der Waals surface area (Å²) >= 11 is 15.2. The fourth-order valence-corrected chi connectivity index (χ4v) is 1.34. The van der Waals surface area contributed by atoms with Crippen LogP contribution in [0.2, 0.25) is 0 Å². The SMILES string of the molecule is COC(=O)C(Cl)CC(Cl)(Cl)C(F)(F)F. The summed E-state index contributed by atoms with van der Waals surface area (Å²) in [5.41, 5.74) is 0. The number of rotatable bonds is 3. The molecule has 0 rings (SSSR count). The van der Waals surface area contributed by atoms with Crippen LogP contribution in [0.15, 0.2) is 0 Å². The van der Waals surface area contributed by atoms with Gasteiger partial charge in [-0.05, 0) is 0 Å². The largest absolute Gasteiger partial charge is 0.468 e. The van der Waals surface area contributed by atoms with Gasteiger partial charge in [-0.25, -0.2) is 0 Å². The first-order chi connectivity index (χ1) is 6.12. The van der Waals surface area contributed by atoms with Gasteiger partial charge in [-0.3, -0.25) is 4.79 Å². The van der Waals surface area contributed by atoms with E-state index in [1.807, 2.05) is 0 Å². The van der Waals surface area contributed by atoms with E-state index in [-0.39, 0.29) is 0 Å². The number of hydrogen-bond donors (Lipinski definition) is 0. The van der Waals surface area contributed by atoms with Crippen LogP contribution in [0.25, 0.3) is 0 Å². The fourth-order valence-electron chi connectivity index (χ4n) is 0.552. The summed E-state index contributed by atoms with van der Waals surface area (Å²) < 4.78 is 37.3. The van der Waals surface area contributed by atoms with Gasteiger partial charge >= 0.3 is 12.1 Å². The van der Waals surface area contributed by atoms with Gasteiger partial charge in [0.1, 0.15) is 5.38 Å². The van der Waals surface area contributed by atoms with Crippen LogP contribution in [0.5, 0.6) is 0 Å². The topological polar surface area (TPSA) is 26.3 Å². The maximum absolute atomic E-state index is 12.1. The minimum absolute atomic E-state index is 0.964. The van der Waals surface area contributed by atoms with Crippen LogP contribution in [0, 0.1) is 0 Å². The molecule has 0 aromatic heterocycles. The van der Waals surface area contributed by atoms with Crippen LogP contribution in [0.3, 0.4) is 0 Å². The number of ether oxygens (including phenoxy) is 1. The molecule has 2 nitrogen and oxygen atoms in total. The highest BCUT2D eigenvalue weighted by molar-refractivity contribution is 6.49. The molecule has 0 N–H and O–H groups in total. The zero-order valence-corrected chi connectivity index (χ0v) is 9.14. The van der Waals surface area contributed by atoms with Gasteiger partial charge in [0.2, 0.25) is 4.33 Å².